The lowest BCUT2D eigenvalue weighted by molar-refractivity contribution is 0.102. The Kier molecular flexibility index (Phi) is 5.21. The second-order valence-electron chi connectivity index (χ2n) is 6.99. The van der Waals surface area contributed by atoms with Gasteiger partial charge in [-0.25, -0.2) is 9.97 Å². The predicted octanol–water partition coefficient (Wildman–Crippen LogP) is 5.01. The van der Waals surface area contributed by atoms with Crippen LogP contribution < -0.4 is 10.6 Å². The van der Waals surface area contributed by atoms with Crippen molar-refractivity contribution in [1.29, 1.82) is 0 Å². The first-order valence-corrected chi connectivity index (χ1v) is 8.90. The zero-order valence-electron chi connectivity index (χ0n) is 16.3. The van der Waals surface area contributed by atoms with E-state index in [2.05, 4.69) is 26.7 Å². The molecule has 0 fully saturated rings. The molecule has 1 amide bonds. The van der Waals surface area contributed by atoms with Crippen molar-refractivity contribution in [2.75, 3.05) is 10.6 Å². The Bertz CT molecular complexity index is 991. The number of aromatic nitrogens is 2. The standard InChI is InChI=1S/C22H24N4O/c1-13-6-7-19(16(4)9-13)25-21(27)20-12-17(5)23-22(26-20)24-18-10-14(2)8-15(3)11-18/h6-12H,1-5H3,(H,25,27)(H,23,24,26). The lowest BCUT2D eigenvalue weighted by Gasteiger charge is -2.11. The molecule has 138 valence electrons. The van der Waals surface area contributed by atoms with Crippen molar-refractivity contribution in [1.82, 2.24) is 9.97 Å². The highest BCUT2D eigenvalue weighted by Gasteiger charge is 2.12. The molecule has 1 aromatic heterocycles. The van der Waals surface area contributed by atoms with Gasteiger partial charge in [0.25, 0.3) is 5.91 Å². The number of nitrogens with zero attached hydrogens (tertiary/aromatic N) is 2. The second kappa shape index (κ2) is 7.58. The van der Waals surface area contributed by atoms with E-state index in [4.69, 9.17) is 0 Å². The van der Waals surface area contributed by atoms with Crippen LogP contribution in [0.15, 0.2) is 42.5 Å². The van der Waals surface area contributed by atoms with Crippen molar-refractivity contribution >= 4 is 23.2 Å². The van der Waals surface area contributed by atoms with E-state index in [0.717, 1.165) is 39.3 Å². The highest BCUT2D eigenvalue weighted by atomic mass is 16.1. The number of aryl methyl sites for hydroxylation is 5. The van der Waals surface area contributed by atoms with Gasteiger partial charge in [-0.05, 0) is 75.6 Å². The van der Waals surface area contributed by atoms with Gasteiger partial charge in [-0.15, -0.1) is 0 Å². The molecule has 3 rings (SSSR count). The zero-order valence-corrected chi connectivity index (χ0v) is 16.3. The minimum Gasteiger partial charge on any atom is -0.324 e. The number of anilines is 3. The first kappa shape index (κ1) is 18.6. The molecule has 27 heavy (non-hydrogen) atoms. The van der Waals surface area contributed by atoms with Gasteiger partial charge in [0.2, 0.25) is 5.95 Å². The van der Waals surface area contributed by atoms with Gasteiger partial charge in [0.15, 0.2) is 0 Å². The molecule has 2 N–H and O–H groups in total. The summed E-state index contributed by atoms with van der Waals surface area (Å²) < 4.78 is 0. The summed E-state index contributed by atoms with van der Waals surface area (Å²) in [5.74, 6) is 0.154. The average molecular weight is 360 g/mol. The number of amides is 1. The van der Waals surface area contributed by atoms with E-state index in [-0.39, 0.29) is 5.91 Å². The molecule has 5 nitrogen and oxygen atoms in total. The SMILES string of the molecule is Cc1cc(C)cc(Nc2nc(C)cc(C(=O)Nc3ccc(C)cc3C)n2)c1. The number of rotatable bonds is 4. The third-order valence-corrected chi connectivity index (χ3v) is 4.19. The Balaban J connectivity index is 1.84. The van der Waals surface area contributed by atoms with E-state index in [1.807, 2.05) is 65.0 Å². The van der Waals surface area contributed by atoms with Gasteiger partial charge < -0.3 is 10.6 Å². The third kappa shape index (κ3) is 4.70. The van der Waals surface area contributed by atoms with Crippen molar-refractivity contribution in [2.24, 2.45) is 0 Å². The number of carbonyl (C=O) groups excluding carboxylic acids is 1. The summed E-state index contributed by atoms with van der Waals surface area (Å²) in [4.78, 5) is 21.5. The molecule has 0 saturated heterocycles. The van der Waals surface area contributed by atoms with Crippen molar-refractivity contribution in [3.8, 4) is 0 Å². The molecule has 5 heteroatoms. The van der Waals surface area contributed by atoms with Crippen LogP contribution in [0.4, 0.5) is 17.3 Å². The quantitative estimate of drug-likeness (QED) is 0.686. The maximum absolute atomic E-state index is 12.7. The third-order valence-electron chi connectivity index (χ3n) is 4.19. The molecule has 0 aliphatic carbocycles. The first-order chi connectivity index (χ1) is 12.8. The van der Waals surface area contributed by atoms with Crippen LogP contribution in [0.5, 0.6) is 0 Å². The number of carbonyl (C=O) groups is 1. The lowest BCUT2D eigenvalue weighted by Crippen LogP contribution is -2.16. The van der Waals surface area contributed by atoms with Crippen molar-refractivity contribution in [3.63, 3.8) is 0 Å². The number of nitrogens with one attached hydrogen (secondary N) is 2. The molecular weight excluding hydrogens is 336 g/mol. The van der Waals surface area contributed by atoms with E-state index in [0.29, 0.717) is 11.6 Å². The van der Waals surface area contributed by atoms with E-state index >= 15 is 0 Å². The summed E-state index contributed by atoms with van der Waals surface area (Å²) in [5, 5.41) is 6.14. The monoisotopic (exact) mass is 360 g/mol. The fourth-order valence-electron chi connectivity index (χ4n) is 3.06. The zero-order chi connectivity index (χ0) is 19.6. The molecule has 1 heterocycles. The van der Waals surface area contributed by atoms with Crippen LogP contribution >= 0.6 is 0 Å². The highest BCUT2D eigenvalue weighted by Crippen LogP contribution is 2.19. The van der Waals surface area contributed by atoms with Gasteiger partial charge in [-0.2, -0.15) is 0 Å². The summed E-state index contributed by atoms with van der Waals surface area (Å²) in [6.07, 6.45) is 0. The summed E-state index contributed by atoms with van der Waals surface area (Å²) in [6.45, 7) is 9.93. The Labute approximate surface area is 159 Å². The van der Waals surface area contributed by atoms with Gasteiger partial charge in [0.1, 0.15) is 5.69 Å². The molecule has 0 atom stereocenters. The Morgan fingerprint density at radius 3 is 2.19 bits per heavy atom. The van der Waals surface area contributed by atoms with E-state index in [1.165, 1.54) is 0 Å². The fraction of sp³-hybridized carbons (Fsp3) is 0.227. The van der Waals surface area contributed by atoms with Crippen LogP contribution in [0.3, 0.4) is 0 Å². The summed E-state index contributed by atoms with van der Waals surface area (Å²) in [7, 11) is 0. The fourth-order valence-corrected chi connectivity index (χ4v) is 3.06. The summed E-state index contributed by atoms with van der Waals surface area (Å²) in [5.41, 5.74) is 7.21. The molecule has 0 bridgehead atoms. The van der Waals surface area contributed by atoms with Gasteiger partial charge in [-0.3, -0.25) is 4.79 Å². The Hall–Kier alpha value is -3.21. The normalized spacial score (nSPS) is 10.6. The maximum Gasteiger partial charge on any atom is 0.274 e. The van der Waals surface area contributed by atoms with Crippen molar-refractivity contribution in [3.05, 3.63) is 76.1 Å². The number of hydrogen-bond acceptors (Lipinski definition) is 4. The van der Waals surface area contributed by atoms with Gasteiger partial charge >= 0.3 is 0 Å². The van der Waals surface area contributed by atoms with Gasteiger partial charge in [0.05, 0.1) is 0 Å². The van der Waals surface area contributed by atoms with Gasteiger partial charge in [-0.1, -0.05) is 23.8 Å². The minimum absolute atomic E-state index is 0.254. The number of benzene rings is 2. The molecule has 0 radical (unpaired) electrons. The topological polar surface area (TPSA) is 66.9 Å². The maximum atomic E-state index is 12.7. The van der Waals surface area contributed by atoms with E-state index in [1.54, 1.807) is 6.07 Å². The predicted molar refractivity (Wildman–Crippen MR) is 110 cm³/mol. The average Bonchev–Trinajstić information content (AvgIpc) is 2.55. The molecule has 3 aromatic rings. The highest BCUT2D eigenvalue weighted by molar-refractivity contribution is 6.03. The van der Waals surface area contributed by atoms with Crippen LogP contribution in [-0.2, 0) is 0 Å². The summed E-state index contributed by atoms with van der Waals surface area (Å²) >= 11 is 0. The Morgan fingerprint density at radius 1 is 0.815 bits per heavy atom. The minimum atomic E-state index is -0.254. The molecule has 0 aliphatic rings. The number of hydrogen-bond donors (Lipinski definition) is 2. The molecule has 0 unspecified atom stereocenters. The molecule has 0 aliphatic heterocycles. The molecular formula is C22H24N4O. The smallest absolute Gasteiger partial charge is 0.274 e. The van der Waals surface area contributed by atoms with Crippen LogP contribution in [0.25, 0.3) is 0 Å². The van der Waals surface area contributed by atoms with Crippen molar-refractivity contribution < 1.29 is 4.79 Å². The van der Waals surface area contributed by atoms with E-state index in [9.17, 15) is 4.79 Å². The van der Waals surface area contributed by atoms with Gasteiger partial charge in [0, 0.05) is 17.1 Å². The van der Waals surface area contributed by atoms with Crippen LogP contribution in [0.1, 0.15) is 38.4 Å². The molecule has 2 aromatic carbocycles. The lowest BCUT2D eigenvalue weighted by atomic mass is 10.1. The van der Waals surface area contributed by atoms with E-state index < -0.39 is 0 Å². The largest absolute Gasteiger partial charge is 0.324 e. The Morgan fingerprint density at radius 2 is 1.52 bits per heavy atom. The molecule has 0 spiro atoms. The van der Waals surface area contributed by atoms with Crippen LogP contribution in [0, 0.1) is 34.6 Å². The van der Waals surface area contributed by atoms with Crippen LogP contribution in [-0.4, -0.2) is 15.9 Å². The summed E-state index contributed by atoms with van der Waals surface area (Å²) in [6, 6.07) is 13.7. The second-order valence-corrected chi connectivity index (χ2v) is 6.99. The first-order valence-electron chi connectivity index (χ1n) is 8.90. The van der Waals surface area contributed by atoms with Crippen molar-refractivity contribution in [2.45, 2.75) is 34.6 Å². The molecule has 0 saturated carbocycles. The van der Waals surface area contributed by atoms with Crippen LogP contribution in [0.2, 0.25) is 0 Å².